The number of aromatic nitrogens is 4. The van der Waals surface area contributed by atoms with Gasteiger partial charge < -0.3 is 22.9 Å². The number of aromatic amines is 2. The van der Waals surface area contributed by atoms with Crippen molar-refractivity contribution in [3.05, 3.63) is 31.7 Å². The first-order valence-electron chi connectivity index (χ1n) is 8.74. The number of hydrogen-bond acceptors (Lipinski definition) is 6. The van der Waals surface area contributed by atoms with E-state index in [0.717, 1.165) is 25.5 Å². The summed E-state index contributed by atoms with van der Waals surface area (Å²) in [5.74, 6) is 3.65. The molecule has 0 bridgehead atoms. The van der Waals surface area contributed by atoms with Crippen molar-refractivity contribution < 1.29 is 72.1 Å². The fraction of sp³-hybridized carbons (Fsp3) is 0.625. The Morgan fingerprint density at radius 3 is 1.69 bits per heavy atom. The molecule has 2 heterocycles. The van der Waals surface area contributed by atoms with Crippen LogP contribution in [0.4, 0.5) is 0 Å². The maximum Gasteiger partial charge on any atom is 1.00 e. The molecule has 2 N–H and O–H groups in total. The van der Waals surface area contributed by atoms with Crippen molar-refractivity contribution in [3.63, 3.8) is 0 Å². The predicted molar refractivity (Wildman–Crippen MR) is 112 cm³/mol. The number of hydrogen-bond donors (Lipinski definition) is 2. The number of H-pyrrole nitrogens is 2. The zero-order valence-corrected chi connectivity index (χ0v) is 26.1. The SMILES string of the molecule is Brc1cnc(C2CCCC2)[nH]1.Brc1nc(C2CCCC2)[nH]c1Br.O=[S-](=O)[O-].[Na+].[Na+]. The molecule has 2 aromatic rings. The standard InChI is InChI=1S/C8H10Br2N2.C8H11BrN2.2Na.O3S/c9-6-7(10)12-8(11-6)5-3-1-2-4-5;9-7-5-10-8(11-7)6-3-1-2-4-6;;;1-4(2)3/h5H,1-4H2,(H,11,12);5-6H,1-4H2,(H,10,11);;;/q;;2*+1;-2. The minimum Gasteiger partial charge on any atom is -0.917 e. The van der Waals surface area contributed by atoms with Crippen LogP contribution < -0.4 is 59.1 Å². The largest absolute Gasteiger partial charge is 1.00 e. The van der Waals surface area contributed by atoms with Crippen LogP contribution in [0.25, 0.3) is 0 Å². The first-order chi connectivity index (χ1) is 12.9. The Bertz CT molecular complexity index is 765. The smallest absolute Gasteiger partial charge is 0.917 e. The first-order valence-corrected chi connectivity index (χ1v) is 12.1. The number of imidazole rings is 2. The van der Waals surface area contributed by atoms with Crippen LogP contribution in [0, 0.1) is 0 Å². The third-order valence-electron chi connectivity index (χ3n) is 4.69. The molecule has 4 rings (SSSR count). The summed E-state index contributed by atoms with van der Waals surface area (Å²) in [7, 11) is -3.11. The molecule has 0 saturated heterocycles. The molecule has 7 nitrogen and oxygen atoms in total. The molecule has 0 aromatic carbocycles. The summed E-state index contributed by atoms with van der Waals surface area (Å²) in [6.45, 7) is 0. The van der Waals surface area contributed by atoms with Gasteiger partial charge in [0.05, 0.1) is 6.20 Å². The number of nitrogens with zero attached hydrogens (tertiary/aromatic N) is 2. The van der Waals surface area contributed by atoms with Gasteiger partial charge in [-0.2, -0.15) is 11.0 Å². The van der Waals surface area contributed by atoms with Crippen LogP contribution in [0.1, 0.15) is 74.9 Å². The van der Waals surface area contributed by atoms with E-state index >= 15 is 0 Å². The zero-order valence-electron chi connectivity index (χ0n) is 16.6. The van der Waals surface area contributed by atoms with Crippen molar-refractivity contribution in [1.29, 1.82) is 0 Å². The molecule has 2 aliphatic carbocycles. The Labute approximate surface area is 242 Å². The minimum absolute atomic E-state index is 0. The maximum absolute atomic E-state index is 8.44. The van der Waals surface area contributed by atoms with Crippen LogP contribution in [0.5, 0.6) is 0 Å². The van der Waals surface area contributed by atoms with Gasteiger partial charge in [-0.15, -0.1) is 0 Å². The molecule has 0 unspecified atom stereocenters. The molecule has 0 aliphatic heterocycles. The van der Waals surface area contributed by atoms with Gasteiger partial charge >= 0.3 is 59.1 Å². The summed E-state index contributed by atoms with van der Waals surface area (Å²) in [5, 5.41) is 0. The van der Waals surface area contributed by atoms with E-state index in [0.29, 0.717) is 11.8 Å². The molecule has 2 saturated carbocycles. The van der Waals surface area contributed by atoms with Gasteiger partial charge in [0.25, 0.3) is 0 Å². The topological polar surface area (TPSA) is 115 Å². The summed E-state index contributed by atoms with van der Waals surface area (Å²) in [6.07, 6.45) is 12.4. The Balaban J connectivity index is 0.000000434. The van der Waals surface area contributed by atoms with Crippen LogP contribution in [0.3, 0.4) is 0 Å². The second-order valence-electron chi connectivity index (χ2n) is 6.51. The van der Waals surface area contributed by atoms with Gasteiger partial charge in [0, 0.05) is 11.8 Å². The van der Waals surface area contributed by atoms with Gasteiger partial charge in [-0.1, -0.05) is 25.7 Å². The van der Waals surface area contributed by atoms with E-state index in [1.54, 1.807) is 0 Å². The van der Waals surface area contributed by atoms with E-state index in [1.807, 2.05) is 6.20 Å². The molecular weight excluding hydrogens is 614 g/mol. The van der Waals surface area contributed by atoms with Crippen LogP contribution in [0.15, 0.2) is 20.0 Å². The van der Waals surface area contributed by atoms with Gasteiger partial charge in [0.2, 0.25) is 0 Å². The molecular formula is C16H21Br3N4Na2O3S. The van der Waals surface area contributed by atoms with Crippen molar-refractivity contribution in [3.8, 4) is 0 Å². The third kappa shape index (κ3) is 11.5. The normalized spacial score (nSPS) is 16.3. The van der Waals surface area contributed by atoms with E-state index < -0.39 is 11.0 Å². The molecule has 0 spiro atoms. The van der Waals surface area contributed by atoms with Crippen molar-refractivity contribution in [2.75, 3.05) is 0 Å². The second kappa shape index (κ2) is 16.4. The first kappa shape index (κ1) is 30.8. The molecule has 29 heavy (non-hydrogen) atoms. The summed E-state index contributed by atoms with van der Waals surface area (Å²) in [4.78, 5) is 15.2. The minimum atomic E-state index is -3.11. The monoisotopic (exact) mass is 632 g/mol. The van der Waals surface area contributed by atoms with Crippen molar-refractivity contribution in [2.24, 2.45) is 0 Å². The predicted octanol–water partition coefficient (Wildman–Crippen LogP) is -0.144. The Hall–Kier alpha value is 1.77. The number of halogens is 3. The summed E-state index contributed by atoms with van der Waals surface area (Å²) in [6, 6.07) is 0. The van der Waals surface area contributed by atoms with Crippen molar-refractivity contribution in [1.82, 2.24) is 19.9 Å². The Morgan fingerprint density at radius 2 is 1.34 bits per heavy atom. The van der Waals surface area contributed by atoms with Crippen LogP contribution >= 0.6 is 47.8 Å². The molecule has 152 valence electrons. The van der Waals surface area contributed by atoms with E-state index in [-0.39, 0.29) is 59.1 Å². The molecule has 0 amide bonds. The van der Waals surface area contributed by atoms with Gasteiger partial charge in [0.1, 0.15) is 25.5 Å². The summed E-state index contributed by atoms with van der Waals surface area (Å²) in [5.41, 5.74) is 0. The van der Waals surface area contributed by atoms with E-state index in [4.69, 9.17) is 13.0 Å². The third-order valence-corrected chi connectivity index (χ3v) is 6.77. The molecule has 2 aromatic heterocycles. The van der Waals surface area contributed by atoms with Crippen LogP contribution in [-0.2, 0) is 19.4 Å². The van der Waals surface area contributed by atoms with Crippen LogP contribution in [-0.4, -0.2) is 24.5 Å². The molecule has 2 fully saturated rings. The fourth-order valence-corrected chi connectivity index (χ4v) is 4.35. The molecule has 2 aliphatic rings. The molecule has 13 heteroatoms. The Morgan fingerprint density at radius 1 is 0.897 bits per heavy atom. The number of nitrogens with one attached hydrogen (secondary N) is 2. The Kier molecular flexibility index (Phi) is 17.4. The van der Waals surface area contributed by atoms with Crippen molar-refractivity contribution >= 4 is 58.8 Å². The van der Waals surface area contributed by atoms with E-state index in [2.05, 4.69) is 67.7 Å². The fourth-order valence-electron chi connectivity index (χ4n) is 3.46. The zero-order chi connectivity index (χ0) is 19.8. The molecule has 0 radical (unpaired) electrons. The van der Waals surface area contributed by atoms with Gasteiger partial charge in [-0.3, -0.25) is 0 Å². The van der Waals surface area contributed by atoms with Crippen LogP contribution in [0.2, 0.25) is 0 Å². The van der Waals surface area contributed by atoms with Gasteiger partial charge in [-0.25, -0.2) is 9.97 Å². The van der Waals surface area contributed by atoms with Crippen molar-refractivity contribution in [2.45, 2.75) is 63.2 Å². The van der Waals surface area contributed by atoms with E-state index in [1.165, 1.54) is 51.4 Å². The van der Waals surface area contributed by atoms with Gasteiger partial charge in [-0.05, 0) is 73.5 Å². The quantitative estimate of drug-likeness (QED) is 0.207. The average Bonchev–Trinajstić information content (AvgIpc) is 3.36. The second-order valence-corrected chi connectivity index (χ2v) is 9.32. The molecule has 0 atom stereocenters. The summed E-state index contributed by atoms with van der Waals surface area (Å²) >= 11 is 10.1. The number of rotatable bonds is 2. The summed E-state index contributed by atoms with van der Waals surface area (Å²) < 4.78 is 28.2. The maximum atomic E-state index is 8.44. The van der Waals surface area contributed by atoms with E-state index in [9.17, 15) is 0 Å². The average molecular weight is 635 g/mol. The van der Waals surface area contributed by atoms with Gasteiger partial charge in [0.15, 0.2) is 0 Å².